The third-order valence-electron chi connectivity index (χ3n) is 9.91. The molecule has 0 saturated carbocycles. The molecule has 0 fully saturated rings. The van der Waals surface area contributed by atoms with E-state index in [4.69, 9.17) is 14.2 Å². The molecule has 0 aliphatic carbocycles. The molecule has 0 N–H and O–H groups in total. The van der Waals surface area contributed by atoms with Crippen LogP contribution in [0.3, 0.4) is 0 Å². The van der Waals surface area contributed by atoms with Crippen molar-refractivity contribution in [2.45, 2.75) is 226 Å². The van der Waals surface area contributed by atoms with Crippen LogP contribution in [-0.4, -0.2) is 37.2 Å². The van der Waals surface area contributed by atoms with Gasteiger partial charge < -0.3 is 14.2 Å². The van der Waals surface area contributed by atoms with Gasteiger partial charge in [-0.15, -0.1) is 0 Å². The van der Waals surface area contributed by atoms with Gasteiger partial charge in [0.2, 0.25) is 0 Å². The molecule has 6 heteroatoms. The lowest BCUT2D eigenvalue weighted by Crippen LogP contribution is -2.30. The molecule has 0 aliphatic heterocycles. The highest BCUT2D eigenvalue weighted by molar-refractivity contribution is 5.71. The van der Waals surface area contributed by atoms with E-state index in [2.05, 4.69) is 93.7 Å². The molecule has 0 aromatic carbocycles. The molecule has 0 rings (SSSR count). The van der Waals surface area contributed by atoms with Crippen LogP contribution in [0.4, 0.5) is 0 Å². The van der Waals surface area contributed by atoms with Gasteiger partial charge in [0.1, 0.15) is 13.2 Å². The Bertz CT molecular complexity index is 1110. The van der Waals surface area contributed by atoms with E-state index in [0.717, 1.165) is 122 Å². The van der Waals surface area contributed by atoms with Crippen molar-refractivity contribution >= 4 is 17.9 Å². The van der Waals surface area contributed by atoms with Gasteiger partial charge in [-0.25, -0.2) is 0 Å². The lowest BCUT2D eigenvalue weighted by molar-refractivity contribution is -0.167. The molecule has 1 atom stereocenters. The van der Waals surface area contributed by atoms with Crippen LogP contribution in [0.15, 0.2) is 72.9 Å². The predicted molar refractivity (Wildman–Crippen MR) is 247 cm³/mol. The largest absolute Gasteiger partial charge is 0.462 e. The number of carbonyl (C=O) groups excluding carboxylic acids is 3. The Morgan fingerprint density at radius 1 is 0.362 bits per heavy atom. The van der Waals surface area contributed by atoms with Gasteiger partial charge in [0.15, 0.2) is 6.10 Å². The average Bonchev–Trinajstić information content (AvgIpc) is 3.22. The fraction of sp³-hybridized carbons (Fsp3) is 0.712. The molecule has 0 heterocycles. The number of hydrogen-bond donors (Lipinski definition) is 0. The van der Waals surface area contributed by atoms with Crippen molar-refractivity contribution in [2.75, 3.05) is 13.2 Å². The predicted octanol–water partition coefficient (Wildman–Crippen LogP) is 15.5. The van der Waals surface area contributed by atoms with Crippen LogP contribution in [0.1, 0.15) is 220 Å². The van der Waals surface area contributed by atoms with E-state index < -0.39 is 6.10 Å². The number of esters is 3. The highest BCUT2D eigenvalue weighted by Gasteiger charge is 2.19. The molecule has 0 saturated heterocycles. The van der Waals surface area contributed by atoms with Gasteiger partial charge >= 0.3 is 17.9 Å². The van der Waals surface area contributed by atoms with E-state index in [-0.39, 0.29) is 37.5 Å². The Morgan fingerprint density at radius 2 is 0.690 bits per heavy atom. The Morgan fingerprint density at radius 3 is 1.14 bits per heavy atom. The van der Waals surface area contributed by atoms with Crippen LogP contribution in [0.2, 0.25) is 0 Å². The first-order chi connectivity index (χ1) is 28.5. The number of unbranched alkanes of at least 4 members (excludes halogenated alkanes) is 19. The molecule has 6 nitrogen and oxygen atoms in total. The third-order valence-corrected chi connectivity index (χ3v) is 9.91. The first kappa shape index (κ1) is 54.9. The smallest absolute Gasteiger partial charge is 0.306 e. The molecule has 58 heavy (non-hydrogen) atoms. The highest BCUT2D eigenvalue weighted by atomic mass is 16.6. The fourth-order valence-corrected chi connectivity index (χ4v) is 6.29. The van der Waals surface area contributed by atoms with Gasteiger partial charge in [0.25, 0.3) is 0 Å². The summed E-state index contributed by atoms with van der Waals surface area (Å²) >= 11 is 0. The molecule has 0 amide bonds. The fourth-order valence-electron chi connectivity index (χ4n) is 6.29. The Hall–Kier alpha value is -3.15. The molecular formula is C52H88O6. The summed E-state index contributed by atoms with van der Waals surface area (Å²) in [5.74, 6) is -0.954. The number of rotatable bonds is 42. The third kappa shape index (κ3) is 44.0. The van der Waals surface area contributed by atoms with Crippen molar-refractivity contribution in [3.05, 3.63) is 72.9 Å². The zero-order valence-electron chi connectivity index (χ0n) is 37.8. The lowest BCUT2D eigenvalue weighted by Gasteiger charge is -2.18. The highest BCUT2D eigenvalue weighted by Crippen LogP contribution is 2.13. The van der Waals surface area contributed by atoms with Gasteiger partial charge in [-0.3, -0.25) is 14.4 Å². The van der Waals surface area contributed by atoms with Gasteiger partial charge in [-0.2, -0.15) is 0 Å². The molecule has 0 aromatic heterocycles. The molecule has 332 valence electrons. The minimum atomic E-state index is -0.798. The quantitative estimate of drug-likeness (QED) is 0.0264. The number of ether oxygens (including phenoxy) is 3. The maximum absolute atomic E-state index is 12.7. The summed E-state index contributed by atoms with van der Waals surface area (Å²) in [6.45, 7) is 6.41. The molecule has 0 bridgehead atoms. The molecule has 1 unspecified atom stereocenters. The Kier molecular flexibility index (Phi) is 44.0. The van der Waals surface area contributed by atoms with Crippen molar-refractivity contribution in [3.63, 3.8) is 0 Å². The van der Waals surface area contributed by atoms with Crippen LogP contribution < -0.4 is 0 Å². The number of hydrogen-bond acceptors (Lipinski definition) is 6. The normalized spacial score (nSPS) is 12.7. The SMILES string of the molecule is CC/C=C\C/C=C\C/C=C\CCCCCC(=O)OC(COC(=O)CCCCCCC/C=C\C/C=C\CCCCCC)COC(=O)CCCCCCC/C=C\CCCC. The van der Waals surface area contributed by atoms with E-state index >= 15 is 0 Å². The first-order valence-electron chi connectivity index (χ1n) is 23.9. The average molecular weight is 809 g/mol. The topological polar surface area (TPSA) is 78.9 Å². The lowest BCUT2D eigenvalue weighted by atomic mass is 10.1. The minimum Gasteiger partial charge on any atom is -0.462 e. The maximum Gasteiger partial charge on any atom is 0.306 e. The monoisotopic (exact) mass is 809 g/mol. The van der Waals surface area contributed by atoms with Crippen molar-refractivity contribution in [3.8, 4) is 0 Å². The van der Waals surface area contributed by atoms with E-state index in [1.165, 1.54) is 57.8 Å². The summed E-state index contributed by atoms with van der Waals surface area (Å²) < 4.78 is 16.7. The van der Waals surface area contributed by atoms with Gasteiger partial charge in [0.05, 0.1) is 0 Å². The second-order valence-electron chi connectivity index (χ2n) is 15.6. The second-order valence-corrected chi connectivity index (χ2v) is 15.6. The number of allylic oxidation sites excluding steroid dienone is 12. The minimum absolute atomic E-state index is 0.0971. The van der Waals surface area contributed by atoms with Crippen molar-refractivity contribution in [2.24, 2.45) is 0 Å². The van der Waals surface area contributed by atoms with E-state index in [9.17, 15) is 14.4 Å². The second kappa shape index (κ2) is 46.5. The van der Waals surface area contributed by atoms with Crippen LogP contribution >= 0.6 is 0 Å². The maximum atomic E-state index is 12.7. The summed E-state index contributed by atoms with van der Waals surface area (Å²) in [5, 5.41) is 0. The summed E-state index contributed by atoms with van der Waals surface area (Å²) in [7, 11) is 0. The van der Waals surface area contributed by atoms with Crippen LogP contribution in [0, 0.1) is 0 Å². The van der Waals surface area contributed by atoms with Gasteiger partial charge in [-0.1, -0.05) is 171 Å². The summed E-state index contributed by atoms with van der Waals surface area (Å²) in [4.78, 5) is 37.8. The Labute approximate surface area is 357 Å². The van der Waals surface area contributed by atoms with Crippen LogP contribution in [-0.2, 0) is 28.6 Å². The van der Waals surface area contributed by atoms with Crippen molar-refractivity contribution in [1.82, 2.24) is 0 Å². The zero-order chi connectivity index (χ0) is 42.3. The Balaban J connectivity index is 4.45. The van der Waals surface area contributed by atoms with Gasteiger partial charge in [-0.05, 0) is 103 Å². The number of carbonyl (C=O) groups is 3. The van der Waals surface area contributed by atoms with E-state index in [0.29, 0.717) is 12.8 Å². The molecule has 0 aromatic rings. The standard InChI is InChI=1S/C52H88O6/c1-4-7-10-13-16-19-22-24-25-26-28-30-33-36-39-42-45-51(54)57-48-49(47-56-50(53)44-41-38-35-32-29-21-18-15-12-9-6-3)58-52(55)46-43-40-37-34-31-27-23-20-17-14-11-8-5-2/h8,11,15,17-20,22,25-27,31,49H,4-7,9-10,12-14,16,21,23-24,28-30,32-48H2,1-3H3/b11-8-,18-15-,20-17-,22-19-,26-25-,31-27-. The van der Waals surface area contributed by atoms with Crippen molar-refractivity contribution in [1.29, 1.82) is 0 Å². The summed E-state index contributed by atoms with van der Waals surface area (Å²) in [6, 6.07) is 0. The summed E-state index contributed by atoms with van der Waals surface area (Å²) in [6.07, 6.45) is 57.4. The van der Waals surface area contributed by atoms with Crippen molar-refractivity contribution < 1.29 is 28.6 Å². The van der Waals surface area contributed by atoms with Gasteiger partial charge in [0, 0.05) is 19.3 Å². The van der Waals surface area contributed by atoms with E-state index in [1.807, 2.05) is 0 Å². The molecule has 0 radical (unpaired) electrons. The molecule has 0 aliphatic rings. The van der Waals surface area contributed by atoms with E-state index in [1.54, 1.807) is 0 Å². The molecule has 0 spiro atoms. The first-order valence-corrected chi connectivity index (χ1v) is 23.9. The van der Waals surface area contributed by atoms with Crippen LogP contribution in [0.5, 0.6) is 0 Å². The zero-order valence-corrected chi connectivity index (χ0v) is 37.8. The van der Waals surface area contributed by atoms with Crippen LogP contribution in [0.25, 0.3) is 0 Å². The molecular weight excluding hydrogens is 721 g/mol. The summed E-state index contributed by atoms with van der Waals surface area (Å²) in [5.41, 5.74) is 0.